The van der Waals surface area contributed by atoms with Crippen molar-refractivity contribution in [3.63, 3.8) is 0 Å². The van der Waals surface area contributed by atoms with Gasteiger partial charge in [-0.05, 0) is 26.0 Å². The average Bonchev–Trinajstić information content (AvgIpc) is 2.77. The van der Waals surface area contributed by atoms with Crippen molar-refractivity contribution in [1.29, 1.82) is 0 Å². The fourth-order valence-corrected chi connectivity index (χ4v) is 3.13. The molecule has 0 aliphatic heterocycles. The summed E-state index contributed by atoms with van der Waals surface area (Å²) in [6.45, 7) is 3.62. The molecule has 1 amide bonds. The van der Waals surface area contributed by atoms with Crippen LogP contribution in [0.1, 0.15) is 24.2 Å². The van der Waals surface area contributed by atoms with Gasteiger partial charge in [0.2, 0.25) is 0 Å². The maximum absolute atomic E-state index is 12.2. The number of anilines is 1. The van der Waals surface area contributed by atoms with Crippen LogP contribution in [0.25, 0.3) is 5.52 Å². The third kappa shape index (κ3) is 4.41. The Morgan fingerprint density at radius 1 is 1.35 bits per heavy atom. The number of nitrogens with two attached hydrogens (primary N) is 1. The molecule has 0 aliphatic carbocycles. The van der Waals surface area contributed by atoms with Crippen LogP contribution in [0.4, 0.5) is 5.82 Å². The molecular weight excluding hydrogens is 320 g/mol. The molecule has 0 radical (unpaired) electrons. The molecule has 0 aliphatic rings. The third-order valence-corrected chi connectivity index (χ3v) is 4.25. The zero-order valence-electron chi connectivity index (χ0n) is 12.9. The van der Waals surface area contributed by atoms with Crippen LogP contribution < -0.4 is 20.5 Å². The SMILES string of the molecule is CC(C)NS(=O)(=O)NCCNC(=O)c1c(N)nn2ccccc12. The molecule has 0 spiro atoms. The molecule has 2 aromatic heterocycles. The van der Waals surface area contributed by atoms with Gasteiger partial charge in [-0.1, -0.05) is 6.07 Å². The van der Waals surface area contributed by atoms with Crippen LogP contribution >= 0.6 is 0 Å². The molecule has 0 aromatic carbocycles. The number of amides is 1. The number of hydrogen-bond acceptors (Lipinski definition) is 5. The molecule has 126 valence electrons. The number of rotatable bonds is 7. The van der Waals surface area contributed by atoms with Gasteiger partial charge in [-0.2, -0.15) is 13.1 Å². The summed E-state index contributed by atoms with van der Waals surface area (Å²) in [5.74, 6) is -0.282. The van der Waals surface area contributed by atoms with Crippen molar-refractivity contribution < 1.29 is 13.2 Å². The largest absolute Gasteiger partial charge is 0.382 e. The predicted octanol–water partition coefficient (Wildman–Crippen LogP) is -0.521. The number of carbonyl (C=O) groups excluding carboxylic acids is 1. The van der Waals surface area contributed by atoms with Crippen molar-refractivity contribution >= 4 is 27.5 Å². The number of aromatic nitrogens is 2. The maximum atomic E-state index is 12.2. The predicted molar refractivity (Wildman–Crippen MR) is 87.1 cm³/mol. The van der Waals surface area contributed by atoms with Crippen LogP contribution in [0, 0.1) is 0 Å². The number of carbonyl (C=O) groups is 1. The molecule has 9 nitrogen and oxygen atoms in total. The average molecular weight is 340 g/mol. The summed E-state index contributed by atoms with van der Waals surface area (Å²) >= 11 is 0. The van der Waals surface area contributed by atoms with Gasteiger partial charge >= 0.3 is 0 Å². The van der Waals surface area contributed by atoms with Crippen LogP contribution in [0.3, 0.4) is 0 Å². The topological polar surface area (TPSA) is 131 Å². The molecule has 5 N–H and O–H groups in total. The van der Waals surface area contributed by atoms with E-state index in [1.54, 1.807) is 38.2 Å². The van der Waals surface area contributed by atoms with Gasteiger partial charge in [-0.3, -0.25) is 4.79 Å². The smallest absolute Gasteiger partial charge is 0.277 e. The molecular formula is C13H20N6O3S. The Kier molecular flexibility index (Phi) is 5.19. The first kappa shape index (κ1) is 17.2. The highest BCUT2D eigenvalue weighted by Gasteiger charge is 2.17. The number of hydrogen-bond donors (Lipinski definition) is 4. The summed E-state index contributed by atoms with van der Waals surface area (Å²) in [5.41, 5.74) is 6.63. The lowest BCUT2D eigenvalue weighted by Crippen LogP contribution is -2.43. The first-order chi connectivity index (χ1) is 10.8. The zero-order valence-corrected chi connectivity index (χ0v) is 13.7. The first-order valence-corrected chi connectivity index (χ1v) is 8.56. The van der Waals surface area contributed by atoms with Gasteiger partial charge in [0.05, 0.1) is 5.52 Å². The summed E-state index contributed by atoms with van der Waals surface area (Å²) in [7, 11) is -3.57. The van der Waals surface area contributed by atoms with Gasteiger partial charge in [-0.25, -0.2) is 9.24 Å². The zero-order chi connectivity index (χ0) is 17.0. The monoisotopic (exact) mass is 340 g/mol. The third-order valence-electron chi connectivity index (χ3n) is 2.89. The Balaban J connectivity index is 1.94. The summed E-state index contributed by atoms with van der Waals surface area (Å²) in [6, 6.07) is 5.07. The Morgan fingerprint density at radius 2 is 2.09 bits per heavy atom. The van der Waals surface area contributed by atoms with Gasteiger partial charge in [0.15, 0.2) is 5.82 Å². The van der Waals surface area contributed by atoms with Crippen LogP contribution in [0.15, 0.2) is 24.4 Å². The highest BCUT2D eigenvalue weighted by molar-refractivity contribution is 7.87. The Bertz CT molecular complexity index is 799. The van der Waals surface area contributed by atoms with Gasteiger partial charge in [0, 0.05) is 25.3 Å². The molecule has 2 rings (SSSR count). The normalized spacial score (nSPS) is 12.0. The number of nitrogens with one attached hydrogen (secondary N) is 3. The van der Waals surface area contributed by atoms with Crippen molar-refractivity contribution in [2.75, 3.05) is 18.8 Å². The van der Waals surface area contributed by atoms with E-state index < -0.39 is 16.1 Å². The van der Waals surface area contributed by atoms with E-state index in [1.165, 1.54) is 4.52 Å². The summed E-state index contributed by atoms with van der Waals surface area (Å²) in [4.78, 5) is 12.2. The highest BCUT2D eigenvalue weighted by atomic mass is 32.2. The second-order valence-corrected chi connectivity index (χ2v) is 6.75. The molecule has 0 bridgehead atoms. The van der Waals surface area contributed by atoms with Crippen molar-refractivity contribution in [2.45, 2.75) is 19.9 Å². The van der Waals surface area contributed by atoms with Gasteiger partial charge in [0.25, 0.3) is 16.1 Å². The van der Waals surface area contributed by atoms with Crippen molar-refractivity contribution in [3.05, 3.63) is 30.0 Å². The molecule has 0 atom stereocenters. The van der Waals surface area contributed by atoms with Crippen molar-refractivity contribution in [1.82, 2.24) is 24.4 Å². The molecule has 10 heteroatoms. The minimum absolute atomic E-state index is 0.0624. The summed E-state index contributed by atoms with van der Waals surface area (Å²) < 4.78 is 29.4. The van der Waals surface area contributed by atoms with E-state index in [0.29, 0.717) is 5.52 Å². The number of nitrogens with zero attached hydrogens (tertiary/aromatic N) is 2. The second-order valence-electron chi connectivity index (χ2n) is 5.22. The van der Waals surface area contributed by atoms with E-state index in [9.17, 15) is 13.2 Å². The fourth-order valence-electron chi connectivity index (χ4n) is 2.05. The molecule has 2 heterocycles. The lowest BCUT2D eigenvalue weighted by atomic mass is 10.2. The van der Waals surface area contributed by atoms with Crippen LogP contribution in [0.5, 0.6) is 0 Å². The quantitative estimate of drug-likeness (QED) is 0.504. The van der Waals surface area contributed by atoms with E-state index in [4.69, 9.17) is 5.73 Å². The Labute approximate surface area is 134 Å². The molecule has 0 saturated carbocycles. The molecule has 0 fully saturated rings. The standard InChI is InChI=1S/C13H20N6O3S/c1-9(2)18-23(21,22)16-7-6-15-13(20)11-10-5-3-4-8-19(10)17-12(11)14/h3-5,8-9,16,18H,6-7H2,1-2H3,(H2,14,17)(H,15,20). The molecule has 23 heavy (non-hydrogen) atoms. The molecule has 0 saturated heterocycles. The Hall–Kier alpha value is -2.17. The number of nitrogen functional groups attached to an aromatic ring is 1. The molecule has 2 aromatic rings. The lowest BCUT2D eigenvalue weighted by molar-refractivity contribution is 0.0957. The molecule has 0 unspecified atom stereocenters. The van der Waals surface area contributed by atoms with Gasteiger partial charge in [-0.15, -0.1) is 5.10 Å². The summed E-state index contributed by atoms with van der Waals surface area (Å²) in [6.07, 6.45) is 1.69. The lowest BCUT2D eigenvalue weighted by Gasteiger charge is -2.11. The first-order valence-electron chi connectivity index (χ1n) is 7.08. The van der Waals surface area contributed by atoms with E-state index in [0.717, 1.165) is 0 Å². The van der Waals surface area contributed by atoms with Crippen molar-refractivity contribution in [3.8, 4) is 0 Å². The van der Waals surface area contributed by atoms with Gasteiger partial charge < -0.3 is 11.1 Å². The maximum Gasteiger partial charge on any atom is 0.277 e. The van der Waals surface area contributed by atoms with E-state index in [2.05, 4.69) is 19.9 Å². The van der Waals surface area contributed by atoms with Gasteiger partial charge in [0.1, 0.15) is 5.56 Å². The van der Waals surface area contributed by atoms with Crippen molar-refractivity contribution in [2.24, 2.45) is 0 Å². The highest BCUT2D eigenvalue weighted by Crippen LogP contribution is 2.16. The number of pyridine rings is 1. The fraction of sp³-hybridized carbons (Fsp3) is 0.385. The van der Waals surface area contributed by atoms with Crippen LogP contribution in [-0.2, 0) is 10.2 Å². The van der Waals surface area contributed by atoms with Crippen LogP contribution in [-0.4, -0.2) is 43.1 Å². The summed E-state index contributed by atoms with van der Waals surface area (Å²) in [5, 5.41) is 6.66. The Morgan fingerprint density at radius 3 is 2.78 bits per heavy atom. The van der Waals surface area contributed by atoms with E-state index in [-0.39, 0.29) is 30.5 Å². The minimum Gasteiger partial charge on any atom is -0.382 e. The van der Waals surface area contributed by atoms with E-state index >= 15 is 0 Å². The van der Waals surface area contributed by atoms with E-state index in [1.807, 2.05) is 0 Å². The van der Waals surface area contributed by atoms with Crippen LogP contribution in [0.2, 0.25) is 0 Å². The second kappa shape index (κ2) is 6.94. The minimum atomic E-state index is -3.57. The number of fused-ring (bicyclic) bond motifs is 1.